The zero-order valence-corrected chi connectivity index (χ0v) is 14.0. The van der Waals surface area contributed by atoms with E-state index in [1.165, 1.54) is 4.31 Å². The molecule has 0 bridgehead atoms. The number of hydrogen-bond donors (Lipinski definition) is 1. The number of nitrogens with two attached hydrogens (primary N) is 1. The molecule has 6 nitrogen and oxygen atoms in total. The molecule has 1 rings (SSSR count). The highest BCUT2D eigenvalue weighted by atomic mass is 35.5. The fourth-order valence-corrected chi connectivity index (χ4v) is 3.41. The van der Waals surface area contributed by atoms with Gasteiger partial charge in [0, 0.05) is 26.2 Å². The molecule has 1 atom stereocenters. The van der Waals surface area contributed by atoms with Gasteiger partial charge in [0.15, 0.2) is 0 Å². The highest BCUT2D eigenvalue weighted by Gasteiger charge is 2.30. The number of carbonyl (C=O) groups excluding carboxylic acids is 1. The van der Waals surface area contributed by atoms with Crippen LogP contribution in [0.1, 0.15) is 26.7 Å². The first kappa shape index (κ1) is 19.6. The van der Waals surface area contributed by atoms with Crippen LogP contribution in [0, 0.1) is 5.92 Å². The monoisotopic (exact) mass is 327 g/mol. The van der Waals surface area contributed by atoms with E-state index in [9.17, 15) is 13.2 Å². The van der Waals surface area contributed by atoms with Crippen LogP contribution in [0.2, 0.25) is 0 Å². The summed E-state index contributed by atoms with van der Waals surface area (Å²) in [5.41, 5.74) is 5.93. The Morgan fingerprint density at radius 1 is 1.40 bits per heavy atom. The fourth-order valence-electron chi connectivity index (χ4n) is 1.94. The van der Waals surface area contributed by atoms with Crippen molar-refractivity contribution in [1.29, 1.82) is 0 Å². The Labute approximate surface area is 128 Å². The highest BCUT2D eigenvalue weighted by Crippen LogP contribution is 2.13. The van der Waals surface area contributed by atoms with Crippen LogP contribution >= 0.6 is 12.4 Å². The maximum Gasteiger partial charge on any atom is 0.237 e. The summed E-state index contributed by atoms with van der Waals surface area (Å²) in [6.45, 7) is 5.06. The van der Waals surface area contributed by atoms with E-state index < -0.39 is 10.0 Å². The summed E-state index contributed by atoms with van der Waals surface area (Å²) in [5.74, 6) is 0.367. The van der Waals surface area contributed by atoms with Crippen molar-refractivity contribution in [3.05, 3.63) is 0 Å². The van der Waals surface area contributed by atoms with Gasteiger partial charge in [0.05, 0.1) is 12.3 Å². The van der Waals surface area contributed by atoms with Gasteiger partial charge in [0.2, 0.25) is 15.9 Å². The average Bonchev–Trinajstić information content (AvgIpc) is 2.64. The molecule has 0 aromatic heterocycles. The first-order chi connectivity index (χ1) is 8.74. The molecule has 8 heteroatoms. The molecule has 0 spiro atoms. The number of amides is 1. The van der Waals surface area contributed by atoms with Crippen LogP contribution in [-0.4, -0.2) is 62.0 Å². The van der Waals surface area contributed by atoms with Crippen LogP contribution in [0.4, 0.5) is 0 Å². The van der Waals surface area contributed by atoms with E-state index in [0.29, 0.717) is 25.4 Å². The van der Waals surface area contributed by atoms with Gasteiger partial charge >= 0.3 is 0 Å². The van der Waals surface area contributed by atoms with Gasteiger partial charge in [-0.05, 0) is 18.8 Å². The van der Waals surface area contributed by atoms with Crippen molar-refractivity contribution in [1.82, 2.24) is 9.21 Å². The summed E-state index contributed by atoms with van der Waals surface area (Å²) in [6, 6.07) is 0.0609. The minimum atomic E-state index is -3.20. The van der Waals surface area contributed by atoms with E-state index in [-0.39, 0.29) is 36.7 Å². The predicted octanol–water partition coefficient (Wildman–Crippen LogP) is 0.276. The van der Waals surface area contributed by atoms with Crippen LogP contribution in [-0.2, 0) is 14.8 Å². The van der Waals surface area contributed by atoms with E-state index in [0.717, 1.165) is 6.42 Å². The van der Waals surface area contributed by atoms with Gasteiger partial charge in [0.25, 0.3) is 0 Å². The number of carbonyl (C=O) groups is 1. The topological polar surface area (TPSA) is 83.7 Å². The quantitative estimate of drug-likeness (QED) is 0.759. The third kappa shape index (κ3) is 5.55. The molecule has 1 unspecified atom stereocenters. The van der Waals surface area contributed by atoms with Crippen molar-refractivity contribution in [2.45, 2.75) is 32.7 Å². The lowest BCUT2D eigenvalue weighted by atomic mass is 10.0. The van der Waals surface area contributed by atoms with Gasteiger partial charge in [0.1, 0.15) is 0 Å². The Kier molecular flexibility index (Phi) is 8.01. The van der Waals surface area contributed by atoms with Gasteiger partial charge < -0.3 is 10.6 Å². The second-order valence-electron chi connectivity index (χ2n) is 5.51. The molecule has 1 amide bonds. The van der Waals surface area contributed by atoms with Gasteiger partial charge in [-0.1, -0.05) is 13.8 Å². The smallest absolute Gasteiger partial charge is 0.237 e. The van der Waals surface area contributed by atoms with E-state index in [1.54, 1.807) is 11.9 Å². The standard InChI is InChI=1S/C12H25N3O3S.ClH/c1-10(2)11(13)5-7-14(3)12(16)9-15-6-4-8-19(15,17)18;/h10-11H,4-9,13H2,1-3H3;1H. The summed E-state index contributed by atoms with van der Waals surface area (Å²) in [4.78, 5) is 13.5. The zero-order chi connectivity index (χ0) is 14.6. The lowest BCUT2D eigenvalue weighted by Gasteiger charge is -2.23. The van der Waals surface area contributed by atoms with Crippen LogP contribution in [0.15, 0.2) is 0 Å². The highest BCUT2D eigenvalue weighted by molar-refractivity contribution is 7.89. The molecular formula is C12H26ClN3O3S. The molecule has 2 N–H and O–H groups in total. The van der Waals surface area contributed by atoms with Crippen LogP contribution < -0.4 is 5.73 Å². The molecule has 20 heavy (non-hydrogen) atoms. The molecule has 1 fully saturated rings. The van der Waals surface area contributed by atoms with Gasteiger partial charge in [-0.2, -0.15) is 4.31 Å². The Morgan fingerprint density at radius 2 is 2.00 bits per heavy atom. The molecule has 0 radical (unpaired) electrons. The molecule has 120 valence electrons. The third-order valence-electron chi connectivity index (χ3n) is 3.59. The van der Waals surface area contributed by atoms with E-state index >= 15 is 0 Å². The molecule has 1 saturated heterocycles. The van der Waals surface area contributed by atoms with Crippen molar-refractivity contribution < 1.29 is 13.2 Å². The van der Waals surface area contributed by atoms with Crippen molar-refractivity contribution in [3.8, 4) is 0 Å². The lowest BCUT2D eigenvalue weighted by molar-refractivity contribution is -0.130. The van der Waals surface area contributed by atoms with Crippen molar-refractivity contribution in [3.63, 3.8) is 0 Å². The van der Waals surface area contributed by atoms with E-state index in [1.807, 2.05) is 13.8 Å². The Balaban J connectivity index is 0.00000361. The molecule has 1 aliphatic heterocycles. The molecular weight excluding hydrogens is 302 g/mol. The van der Waals surface area contributed by atoms with Crippen LogP contribution in [0.3, 0.4) is 0 Å². The molecule has 0 aromatic carbocycles. The summed E-state index contributed by atoms with van der Waals surface area (Å²) in [7, 11) is -1.51. The summed E-state index contributed by atoms with van der Waals surface area (Å²) < 4.78 is 24.5. The molecule has 0 aromatic rings. The first-order valence-electron chi connectivity index (χ1n) is 6.71. The second kappa shape index (κ2) is 8.17. The molecule has 0 aliphatic carbocycles. The largest absolute Gasteiger partial charge is 0.345 e. The van der Waals surface area contributed by atoms with Crippen LogP contribution in [0.25, 0.3) is 0 Å². The lowest BCUT2D eigenvalue weighted by Crippen LogP contribution is -2.41. The third-order valence-corrected chi connectivity index (χ3v) is 5.50. The summed E-state index contributed by atoms with van der Waals surface area (Å²) >= 11 is 0. The first-order valence-corrected chi connectivity index (χ1v) is 8.32. The van der Waals surface area contributed by atoms with E-state index in [2.05, 4.69) is 0 Å². The van der Waals surface area contributed by atoms with Gasteiger partial charge in [-0.3, -0.25) is 4.79 Å². The minimum Gasteiger partial charge on any atom is -0.345 e. The molecule has 1 aliphatic rings. The Bertz CT molecular complexity index is 414. The molecule has 1 heterocycles. The normalized spacial score (nSPS) is 19.6. The Morgan fingerprint density at radius 3 is 2.45 bits per heavy atom. The number of sulfonamides is 1. The number of hydrogen-bond acceptors (Lipinski definition) is 4. The van der Waals surface area contributed by atoms with Crippen molar-refractivity contribution in [2.75, 3.05) is 32.4 Å². The summed E-state index contributed by atoms with van der Waals surface area (Å²) in [5, 5.41) is 0. The maximum atomic E-state index is 11.9. The van der Waals surface area contributed by atoms with E-state index in [4.69, 9.17) is 5.73 Å². The average molecular weight is 328 g/mol. The SMILES string of the molecule is CC(C)C(N)CCN(C)C(=O)CN1CCCS1(=O)=O.Cl. The number of likely N-dealkylation sites (N-methyl/N-ethyl adjacent to an activating group) is 1. The van der Waals surface area contributed by atoms with Crippen molar-refractivity contribution >= 4 is 28.3 Å². The van der Waals surface area contributed by atoms with Gasteiger partial charge in [-0.25, -0.2) is 8.42 Å². The number of nitrogens with zero attached hydrogens (tertiary/aromatic N) is 2. The number of halogens is 1. The summed E-state index contributed by atoms with van der Waals surface area (Å²) in [6.07, 6.45) is 1.34. The Hall–Kier alpha value is -0.370. The number of rotatable bonds is 6. The zero-order valence-electron chi connectivity index (χ0n) is 12.4. The maximum absolute atomic E-state index is 11.9. The second-order valence-corrected chi connectivity index (χ2v) is 7.60. The van der Waals surface area contributed by atoms with Crippen LogP contribution in [0.5, 0.6) is 0 Å². The van der Waals surface area contributed by atoms with Crippen molar-refractivity contribution in [2.24, 2.45) is 11.7 Å². The fraction of sp³-hybridized carbons (Fsp3) is 0.917. The molecule has 0 saturated carbocycles. The van der Waals surface area contributed by atoms with Gasteiger partial charge in [-0.15, -0.1) is 12.4 Å². The predicted molar refractivity (Wildman–Crippen MR) is 82.3 cm³/mol. The minimum absolute atomic E-state index is 0.